The van der Waals surface area contributed by atoms with Crippen LogP contribution in [-0.2, 0) is 17.9 Å². The summed E-state index contributed by atoms with van der Waals surface area (Å²) < 4.78 is 10.8. The number of benzene rings is 2. The summed E-state index contributed by atoms with van der Waals surface area (Å²) in [5, 5.41) is 0.770. The smallest absolute Gasteiger partial charge is 0.278 e. The fourth-order valence-corrected chi connectivity index (χ4v) is 4.10. The lowest BCUT2D eigenvalue weighted by atomic mass is 10.2. The van der Waals surface area contributed by atoms with Gasteiger partial charge in [-0.2, -0.15) is 0 Å². The minimum absolute atomic E-state index is 0.230. The van der Waals surface area contributed by atoms with Crippen LogP contribution in [0.1, 0.15) is 11.1 Å². The predicted molar refractivity (Wildman–Crippen MR) is 110 cm³/mol. The van der Waals surface area contributed by atoms with Crippen molar-refractivity contribution < 1.29 is 24.1 Å². The summed E-state index contributed by atoms with van der Waals surface area (Å²) in [7, 11) is 2.06. The standard InChI is InChI=1S/C22H26ClN3O3/c1-24(13-18-4-7-20-21(12-18)29-16-28-20)15-22(27)26-10-8-25(9-11-26)14-17-2-5-19(23)6-3-17/h2-7,12H,8-11,13-16H2,1H3/p+2. The molecule has 4 rings (SSSR count). The zero-order chi connectivity index (χ0) is 20.2. The van der Waals surface area contributed by atoms with E-state index in [4.69, 9.17) is 21.1 Å². The van der Waals surface area contributed by atoms with E-state index in [1.165, 1.54) is 15.4 Å². The number of amides is 1. The first kappa shape index (κ1) is 20.0. The maximum atomic E-state index is 12.7. The highest BCUT2D eigenvalue weighted by Crippen LogP contribution is 2.32. The van der Waals surface area contributed by atoms with Crippen LogP contribution < -0.4 is 19.3 Å². The number of rotatable bonds is 6. The van der Waals surface area contributed by atoms with Crippen LogP contribution >= 0.6 is 11.6 Å². The van der Waals surface area contributed by atoms with Crippen molar-refractivity contribution in [3.63, 3.8) is 0 Å². The Morgan fingerprint density at radius 1 is 1.07 bits per heavy atom. The van der Waals surface area contributed by atoms with Gasteiger partial charge in [-0.1, -0.05) is 23.7 Å². The summed E-state index contributed by atoms with van der Waals surface area (Å²) in [5.74, 6) is 1.82. The van der Waals surface area contributed by atoms with Crippen molar-refractivity contribution in [2.45, 2.75) is 13.1 Å². The third-order valence-corrected chi connectivity index (χ3v) is 5.84. The van der Waals surface area contributed by atoms with E-state index in [0.29, 0.717) is 6.54 Å². The van der Waals surface area contributed by atoms with Crippen molar-refractivity contribution in [1.29, 1.82) is 0 Å². The Balaban J connectivity index is 1.22. The summed E-state index contributed by atoms with van der Waals surface area (Å²) in [6.07, 6.45) is 0. The molecule has 2 aromatic carbocycles. The molecule has 2 N–H and O–H groups in total. The molecular weight excluding hydrogens is 390 g/mol. The summed E-state index contributed by atoms with van der Waals surface area (Å²) in [4.78, 5) is 17.4. The van der Waals surface area contributed by atoms with Gasteiger partial charge in [0.15, 0.2) is 18.0 Å². The predicted octanol–water partition coefficient (Wildman–Crippen LogP) is 0.0107. The van der Waals surface area contributed by atoms with Crippen LogP contribution in [-0.4, -0.2) is 57.4 Å². The van der Waals surface area contributed by atoms with Crippen LogP contribution in [0, 0.1) is 0 Å². The number of likely N-dealkylation sites (N-methyl/N-ethyl adjacent to an activating group) is 1. The number of nitrogens with zero attached hydrogens (tertiary/aromatic N) is 1. The zero-order valence-electron chi connectivity index (χ0n) is 16.7. The van der Waals surface area contributed by atoms with Crippen LogP contribution in [0.3, 0.4) is 0 Å². The maximum absolute atomic E-state index is 12.7. The molecular formula is C22H28ClN3O3+2. The minimum atomic E-state index is 0.230. The van der Waals surface area contributed by atoms with E-state index in [1.807, 2.05) is 35.2 Å². The Bertz CT molecular complexity index is 851. The van der Waals surface area contributed by atoms with Crippen LogP contribution in [0.4, 0.5) is 0 Å². The largest absolute Gasteiger partial charge is 0.454 e. The minimum Gasteiger partial charge on any atom is -0.454 e. The average molecular weight is 418 g/mol. The van der Waals surface area contributed by atoms with Crippen LogP contribution in [0.5, 0.6) is 11.5 Å². The molecule has 7 heteroatoms. The third kappa shape index (κ3) is 5.21. The third-order valence-electron chi connectivity index (χ3n) is 5.59. The number of fused-ring (bicyclic) bond motifs is 1. The first-order valence-corrected chi connectivity index (χ1v) is 10.5. The van der Waals surface area contributed by atoms with Crippen molar-refractivity contribution in [3.8, 4) is 11.5 Å². The molecule has 1 atom stereocenters. The van der Waals surface area contributed by atoms with E-state index in [2.05, 4.69) is 19.2 Å². The molecule has 2 aliphatic rings. The van der Waals surface area contributed by atoms with Gasteiger partial charge in [0.2, 0.25) is 6.79 Å². The molecule has 0 saturated carbocycles. The highest BCUT2D eigenvalue weighted by molar-refractivity contribution is 6.30. The number of hydrogen-bond acceptors (Lipinski definition) is 3. The van der Waals surface area contributed by atoms with E-state index in [1.54, 1.807) is 0 Å². The van der Waals surface area contributed by atoms with Gasteiger partial charge in [-0.15, -0.1) is 0 Å². The molecule has 6 nitrogen and oxygen atoms in total. The quantitative estimate of drug-likeness (QED) is 0.696. The molecule has 1 amide bonds. The summed E-state index contributed by atoms with van der Waals surface area (Å²) >= 11 is 5.96. The van der Waals surface area contributed by atoms with Gasteiger partial charge in [-0.25, -0.2) is 0 Å². The fraction of sp³-hybridized carbons (Fsp3) is 0.409. The first-order chi connectivity index (χ1) is 14.1. The lowest BCUT2D eigenvalue weighted by Crippen LogP contribution is -3.14. The van der Waals surface area contributed by atoms with Gasteiger partial charge in [0, 0.05) is 16.1 Å². The molecule has 2 aromatic rings. The lowest BCUT2D eigenvalue weighted by molar-refractivity contribution is -0.918. The highest BCUT2D eigenvalue weighted by atomic mass is 35.5. The molecule has 2 heterocycles. The number of piperazine rings is 1. The SMILES string of the molecule is C[NH+](CC(=O)N1CC[NH+](Cc2ccc(Cl)cc2)CC1)Cc1ccc2c(c1)OCO2. The Labute approximate surface area is 176 Å². The second-order valence-electron chi connectivity index (χ2n) is 7.93. The van der Waals surface area contributed by atoms with Gasteiger partial charge in [0.05, 0.1) is 33.2 Å². The Hall–Kier alpha value is -2.28. The van der Waals surface area contributed by atoms with E-state index in [9.17, 15) is 4.79 Å². The Morgan fingerprint density at radius 3 is 2.52 bits per heavy atom. The van der Waals surface area contributed by atoms with Gasteiger partial charge in [-0.3, -0.25) is 4.79 Å². The van der Waals surface area contributed by atoms with Crippen molar-refractivity contribution in [2.75, 3.05) is 46.6 Å². The number of quaternary nitrogens is 2. The molecule has 0 aromatic heterocycles. The van der Waals surface area contributed by atoms with Gasteiger partial charge >= 0.3 is 0 Å². The van der Waals surface area contributed by atoms with Gasteiger partial charge in [0.25, 0.3) is 5.91 Å². The van der Waals surface area contributed by atoms with Crippen molar-refractivity contribution in [1.82, 2.24) is 4.90 Å². The number of carbonyl (C=O) groups excluding carboxylic acids is 1. The van der Waals surface area contributed by atoms with Crippen molar-refractivity contribution in [2.24, 2.45) is 0 Å². The summed E-state index contributed by atoms with van der Waals surface area (Å²) in [6, 6.07) is 14.0. The topological polar surface area (TPSA) is 47.7 Å². The Morgan fingerprint density at radius 2 is 1.76 bits per heavy atom. The monoisotopic (exact) mass is 417 g/mol. The maximum Gasteiger partial charge on any atom is 0.278 e. The van der Waals surface area contributed by atoms with Gasteiger partial charge in [0.1, 0.15) is 13.1 Å². The summed E-state index contributed by atoms with van der Waals surface area (Å²) in [5.41, 5.74) is 2.44. The molecule has 2 aliphatic heterocycles. The number of hydrogen-bond donors (Lipinski definition) is 2. The average Bonchev–Trinajstić information content (AvgIpc) is 3.18. The molecule has 1 fully saturated rings. The zero-order valence-corrected chi connectivity index (χ0v) is 17.5. The molecule has 29 heavy (non-hydrogen) atoms. The molecule has 154 valence electrons. The van der Waals surface area contributed by atoms with Crippen LogP contribution in [0.15, 0.2) is 42.5 Å². The molecule has 0 aliphatic carbocycles. The van der Waals surface area contributed by atoms with E-state index in [-0.39, 0.29) is 12.7 Å². The molecule has 0 bridgehead atoms. The van der Waals surface area contributed by atoms with E-state index >= 15 is 0 Å². The highest BCUT2D eigenvalue weighted by Gasteiger charge is 2.26. The van der Waals surface area contributed by atoms with E-state index < -0.39 is 0 Å². The number of nitrogens with one attached hydrogen (secondary N) is 2. The van der Waals surface area contributed by atoms with Crippen LogP contribution in [0.2, 0.25) is 5.02 Å². The van der Waals surface area contributed by atoms with Crippen molar-refractivity contribution in [3.05, 3.63) is 58.6 Å². The number of ether oxygens (including phenoxy) is 2. The molecule has 1 unspecified atom stereocenters. The van der Waals surface area contributed by atoms with Crippen molar-refractivity contribution >= 4 is 17.5 Å². The molecule has 0 spiro atoms. The fourth-order valence-electron chi connectivity index (χ4n) is 3.97. The second-order valence-corrected chi connectivity index (χ2v) is 8.37. The van der Waals surface area contributed by atoms with Gasteiger partial charge in [-0.05, 0) is 30.3 Å². The first-order valence-electron chi connectivity index (χ1n) is 10.1. The Kier molecular flexibility index (Phi) is 6.23. The second kappa shape index (κ2) is 9.03. The lowest BCUT2D eigenvalue weighted by Gasteiger charge is -2.32. The summed E-state index contributed by atoms with van der Waals surface area (Å²) in [6.45, 7) is 6.15. The van der Waals surface area contributed by atoms with E-state index in [0.717, 1.165) is 61.4 Å². The normalized spacial score (nSPS) is 17.4. The van der Waals surface area contributed by atoms with Crippen LogP contribution in [0.25, 0.3) is 0 Å². The number of halogens is 1. The molecule has 1 saturated heterocycles. The molecule has 0 radical (unpaired) electrons. The number of carbonyl (C=O) groups is 1. The van der Waals surface area contributed by atoms with Gasteiger partial charge < -0.3 is 24.2 Å².